The highest BCUT2D eigenvalue weighted by Crippen LogP contribution is 2.25. The second-order valence-corrected chi connectivity index (χ2v) is 5.69. The molecule has 7 nitrogen and oxygen atoms in total. The summed E-state index contributed by atoms with van der Waals surface area (Å²) in [6.07, 6.45) is 7.01. The van der Waals surface area contributed by atoms with Crippen LogP contribution in [0, 0.1) is 6.92 Å². The highest BCUT2D eigenvalue weighted by Gasteiger charge is 2.18. The summed E-state index contributed by atoms with van der Waals surface area (Å²) in [6, 6.07) is 3.78. The van der Waals surface area contributed by atoms with Gasteiger partial charge in [-0.1, -0.05) is 5.16 Å². The van der Waals surface area contributed by atoms with E-state index in [2.05, 4.69) is 25.4 Å². The van der Waals surface area contributed by atoms with Crippen molar-refractivity contribution in [2.75, 3.05) is 13.1 Å². The molecule has 24 heavy (non-hydrogen) atoms. The van der Waals surface area contributed by atoms with Crippen LogP contribution in [0.15, 0.2) is 36.0 Å². The number of rotatable bonds is 5. The molecule has 3 rings (SSSR count). The predicted molar refractivity (Wildman–Crippen MR) is 90.4 cm³/mol. The van der Waals surface area contributed by atoms with Gasteiger partial charge >= 0.3 is 0 Å². The summed E-state index contributed by atoms with van der Waals surface area (Å²) in [6.45, 7) is 5.67. The minimum Gasteiger partial charge on any atom is -0.474 e. The van der Waals surface area contributed by atoms with E-state index in [9.17, 15) is 0 Å². The van der Waals surface area contributed by atoms with Gasteiger partial charge in [-0.05, 0) is 51.9 Å². The van der Waals surface area contributed by atoms with Crippen LogP contribution in [0.5, 0.6) is 11.8 Å². The number of nitrogens with zero attached hydrogens (tertiary/aromatic N) is 4. The molecule has 0 amide bonds. The lowest BCUT2D eigenvalue weighted by molar-refractivity contribution is 0.153. The average Bonchev–Trinajstić information content (AvgIpc) is 2.64. The summed E-state index contributed by atoms with van der Waals surface area (Å²) in [5, 5.41) is 7.45. The molecule has 0 aromatic carbocycles. The quantitative estimate of drug-likeness (QED) is 0.669. The molecule has 0 bridgehead atoms. The highest BCUT2D eigenvalue weighted by atomic mass is 16.6. The molecule has 1 aliphatic heterocycles. The van der Waals surface area contributed by atoms with Gasteiger partial charge in [0.15, 0.2) is 0 Å². The molecule has 0 unspecified atom stereocenters. The molecule has 0 atom stereocenters. The largest absolute Gasteiger partial charge is 0.474 e. The van der Waals surface area contributed by atoms with Gasteiger partial charge in [0.25, 0.3) is 5.88 Å². The Kier molecular flexibility index (Phi) is 5.32. The Bertz CT molecular complexity index is 699. The van der Waals surface area contributed by atoms with Gasteiger partial charge in [0, 0.05) is 18.0 Å². The zero-order valence-corrected chi connectivity index (χ0v) is 13.9. The second kappa shape index (κ2) is 7.83. The monoisotopic (exact) mass is 327 g/mol. The first-order valence-corrected chi connectivity index (χ1v) is 8.05. The minimum absolute atomic E-state index is 0.174. The van der Waals surface area contributed by atoms with E-state index in [-0.39, 0.29) is 6.10 Å². The van der Waals surface area contributed by atoms with Gasteiger partial charge in [0.1, 0.15) is 12.4 Å². The molecule has 0 radical (unpaired) electrons. The molecule has 126 valence electrons. The summed E-state index contributed by atoms with van der Waals surface area (Å²) < 4.78 is 5.99. The number of nitrogens with one attached hydrogen (secondary N) is 1. The van der Waals surface area contributed by atoms with Gasteiger partial charge in [-0.3, -0.25) is 4.98 Å². The van der Waals surface area contributed by atoms with E-state index in [4.69, 9.17) is 9.57 Å². The Labute approximate surface area is 141 Å². The number of hydrogen-bond acceptors (Lipinski definition) is 7. The smallest absolute Gasteiger partial charge is 0.258 e. The molecule has 7 heteroatoms. The SMILES string of the molecule is CC(=NOc1ncnc(OC2CCNCC2)c1C)c1cccnc1. The summed E-state index contributed by atoms with van der Waals surface area (Å²) in [4.78, 5) is 17.9. The van der Waals surface area contributed by atoms with Crippen LogP contribution in [-0.2, 0) is 0 Å². The average molecular weight is 327 g/mol. The van der Waals surface area contributed by atoms with E-state index in [1.54, 1.807) is 12.4 Å². The van der Waals surface area contributed by atoms with Crippen LogP contribution in [0.2, 0.25) is 0 Å². The first kappa shape index (κ1) is 16.3. The molecule has 0 saturated carbocycles. The molecular formula is C17H21N5O2. The predicted octanol–water partition coefficient (Wildman–Crippen LogP) is 2.11. The van der Waals surface area contributed by atoms with Crippen molar-refractivity contribution in [3.05, 3.63) is 42.0 Å². The van der Waals surface area contributed by atoms with Crippen LogP contribution in [0.3, 0.4) is 0 Å². The lowest BCUT2D eigenvalue weighted by atomic mass is 10.1. The van der Waals surface area contributed by atoms with E-state index >= 15 is 0 Å². The zero-order chi connectivity index (χ0) is 16.8. The van der Waals surface area contributed by atoms with Crippen LogP contribution in [0.1, 0.15) is 30.9 Å². The van der Waals surface area contributed by atoms with E-state index in [0.29, 0.717) is 11.8 Å². The number of oxime groups is 1. The summed E-state index contributed by atoms with van der Waals surface area (Å²) >= 11 is 0. The van der Waals surface area contributed by atoms with Crippen molar-refractivity contribution in [2.24, 2.45) is 5.16 Å². The number of ether oxygens (including phenoxy) is 1. The third-order valence-corrected chi connectivity index (χ3v) is 3.90. The molecule has 1 N–H and O–H groups in total. The fourth-order valence-electron chi connectivity index (χ4n) is 2.44. The fraction of sp³-hybridized carbons (Fsp3) is 0.412. The Balaban J connectivity index is 1.71. The maximum absolute atomic E-state index is 5.99. The van der Waals surface area contributed by atoms with Gasteiger partial charge in [0.2, 0.25) is 5.88 Å². The summed E-state index contributed by atoms with van der Waals surface area (Å²) in [7, 11) is 0. The Morgan fingerprint density at radius 3 is 2.79 bits per heavy atom. The number of aromatic nitrogens is 3. The van der Waals surface area contributed by atoms with E-state index in [1.807, 2.05) is 26.0 Å². The van der Waals surface area contributed by atoms with Crippen molar-refractivity contribution in [3.63, 3.8) is 0 Å². The number of pyridine rings is 1. The van der Waals surface area contributed by atoms with Gasteiger partial charge in [-0.2, -0.15) is 4.98 Å². The standard InChI is InChI=1S/C17H21N5O2/c1-12-16(23-15-5-8-18-9-6-15)20-11-21-17(12)24-22-13(2)14-4-3-7-19-10-14/h3-4,7,10-11,15,18H,5-6,8-9H2,1-2H3. The summed E-state index contributed by atoms with van der Waals surface area (Å²) in [5.41, 5.74) is 2.37. The topological polar surface area (TPSA) is 81.5 Å². The summed E-state index contributed by atoms with van der Waals surface area (Å²) in [5.74, 6) is 0.957. The first-order valence-electron chi connectivity index (χ1n) is 8.05. The van der Waals surface area contributed by atoms with Gasteiger partial charge in [0.05, 0.1) is 11.3 Å². The van der Waals surface area contributed by atoms with E-state index < -0.39 is 0 Å². The van der Waals surface area contributed by atoms with Crippen LogP contribution >= 0.6 is 0 Å². The molecular weight excluding hydrogens is 306 g/mol. The Hall–Kier alpha value is -2.54. The molecule has 0 spiro atoms. The normalized spacial score (nSPS) is 16.0. The third-order valence-electron chi connectivity index (χ3n) is 3.90. The van der Waals surface area contributed by atoms with Gasteiger partial charge in [-0.25, -0.2) is 4.98 Å². The van der Waals surface area contributed by atoms with Crippen LogP contribution in [0.25, 0.3) is 0 Å². The zero-order valence-electron chi connectivity index (χ0n) is 13.9. The van der Waals surface area contributed by atoms with Crippen LogP contribution in [0.4, 0.5) is 0 Å². The van der Waals surface area contributed by atoms with Crippen molar-refractivity contribution in [1.29, 1.82) is 0 Å². The molecule has 1 aliphatic rings. The van der Waals surface area contributed by atoms with Crippen molar-refractivity contribution < 1.29 is 9.57 Å². The van der Waals surface area contributed by atoms with Gasteiger partial charge < -0.3 is 14.9 Å². The molecule has 1 fully saturated rings. The Morgan fingerprint density at radius 2 is 2.04 bits per heavy atom. The molecule has 3 heterocycles. The number of hydrogen-bond donors (Lipinski definition) is 1. The highest BCUT2D eigenvalue weighted by molar-refractivity contribution is 5.98. The maximum atomic E-state index is 5.99. The molecule has 1 saturated heterocycles. The van der Waals surface area contributed by atoms with E-state index in [1.165, 1.54) is 6.33 Å². The molecule has 2 aromatic heterocycles. The van der Waals surface area contributed by atoms with Crippen molar-refractivity contribution in [2.45, 2.75) is 32.8 Å². The Morgan fingerprint density at radius 1 is 1.25 bits per heavy atom. The van der Waals surface area contributed by atoms with E-state index in [0.717, 1.165) is 42.8 Å². The van der Waals surface area contributed by atoms with Gasteiger partial charge in [-0.15, -0.1) is 0 Å². The molecule has 0 aliphatic carbocycles. The third kappa shape index (κ3) is 4.05. The van der Waals surface area contributed by atoms with Crippen molar-refractivity contribution >= 4 is 5.71 Å². The number of piperidine rings is 1. The fourth-order valence-corrected chi connectivity index (χ4v) is 2.44. The van der Waals surface area contributed by atoms with Crippen molar-refractivity contribution in [1.82, 2.24) is 20.3 Å². The lowest BCUT2D eigenvalue weighted by Gasteiger charge is -2.23. The molecule has 2 aromatic rings. The van der Waals surface area contributed by atoms with Crippen LogP contribution in [-0.4, -0.2) is 39.9 Å². The maximum Gasteiger partial charge on any atom is 0.258 e. The second-order valence-electron chi connectivity index (χ2n) is 5.69. The lowest BCUT2D eigenvalue weighted by Crippen LogP contribution is -2.34. The van der Waals surface area contributed by atoms with Crippen molar-refractivity contribution in [3.8, 4) is 11.8 Å². The minimum atomic E-state index is 0.174. The first-order chi connectivity index (χ1) is 11.7. The van der Waals surface area contributed by atoms with Crippen LogP contribution < -0.4 is 14.9 Å².